The lowest BCUT2D eigenvalue weighted by Crippen LogP contribution is -2.22. The molecule has 2 heterocycles. The molecule has 5 nitrogen and oxygen atoms in total. The van der Waals surface area contributed by atoms with E-state index in [0.29, 0.717) is 5.92 Å². The zero-order valence-electron chi connectivity index (χ0n) is 12.1. The standard InChI is InChI=1S/C14H22N4O/c1-11(13-6-5-12(2)19-13)7-8-17(3)9-14-16-15-10-18(14)4/h5-6,10-11H,7-9H2,1-4H3/t11-/m1/s1. The maximum Gasteiger partial charge on any atom is 0.146 e. The van der Waals surface area contributed by atoms with Crippen LogP contribution in [0.5, 0.6) is 0 Å². The predicted octanol–water partition coefficient (Wildman–Crippen LogP) is 2.34. The number of furan rings is 1. The lowest BCUT2D eigenvalue weighted by molar-refractivity contribution is 0.295. The van der Waals surface area contributed by atoms with Crippen molar-refractivity contribution in [3.8, 4) is 0 Å². The summed E-state index contributed by atoms with van der Waals surface area (Å²) in [7, 11) is 4.08. The minimum atomic E-state index is 0.440. The zero-order chi connectivity index (χ0) is 13.8. The molecule has 0 fully saturated rings. The van der Waals surface area contributed by atoms with E-state index in [0.717, 1.165) is 36.9 Å². The van der Waals surface area contributed by atoms with Gasteiger partial charge in [-0.05, 0) is 39.1 Å². The van der Waals surface area contributed by atoms with Crippen LogP contribution < -0.4 is 0 Å². The van der Waals surface area contributed by atoms with Gasteiger partial charge in [0.05, 0.1) is 6.54 Å². The molecule has 0 bridgehead atoms. The average molecular weight is 262 g/mol. The third-order valence-electron chi connectivity index (χ3n) is 3.41. The van der Waals surface area contributed by atoms with E-state index in [2.05, 4.69) is 35.1 Å². The van der Waals surface area contributed by atoms with Crippen LogP contribution in [0.25, 0.3) is 0 Å². The molecule has 2 aromatic rings. The quantitative estimate of drug-likeness (QED) is 0.801. The molecule has 0 amide bonds. The molecule has 0 radical (unpaired) electrons. The van der Waals surface area contributed by atoms with Crippen molar-refractivity contribution in [2.45, 2.75) is 32.7 Å². The van der Waals surface area contributed by atoms with Crippen molar-refractivity contribution in [3.05, 3.63) is 35.8 Å². The first-order chi connectivity index (χ1) is 9.06. The molecule has 0 aromatic carbocycles. The number of rotatable bonds is 6. The second-order valence-electron chi connectivity index (χ2n) is 5.23. The van der Waals surface area contributed by atoms with Crippen molar-refractivity contribution in [1.82, 2.24) is 19.7 Å². The van der Waals surface area contributed by atoms with Crippen molar-refractivity contribution in [1.29, 1.82) is 0 Å². The molecular formula is C14H22N4O. The lowest BCUT2D eigenvalue weighted by Gasteiger charge is -2.17. The van der Waals surface area contributed by atoms with Gasteiger partial charge in [0.2, 0.25) is 0 Å². The Kier molecular flexibility index (Phi) is 4.37. The van der Waals surface area contributed by atoms with Gasteiger partial charge < -0.3 is 8.98 Å². The molecule has 0 aliphatic carbocycles. The van der Waals surface area contributed by atoms with Crippen molar-refractivity contribution in [2.24, 2.45) is 7.05 Å². The van der Waals surface area contributed by atoms with Crippen molar-refractivity contribution < 1.29 is 4.42 Å². The summed E-state index contributed by atoms with van der Waals surface area (Å²) < 4.78 is 7.61. The average Bonchev–Trinajstić information content (AvgIpc) is 2.96. The SMILES string of the molecule is Cc1ccc([C@H](C)CCN(C)Cc2nncn2C)o1. The number of hydrogen-bond donors (Lipinski definition) is 0. The maximum atomic E-state index is 5.66. The third-order valence-corrected chi connectivity index (χ3v) is 3.41. The number of nitrogens with zero attached hydrogens (tertiary/aromatic N) is 4. The number of aromatic nitrogens is 3. The molecule has 19 heavy (non-hydrogen) atoms. The second-order valence-corrected chi connectivity index (χ2v) is 5.23. The number of hydrogen-bond acceptors (Lipinski definition) is 4. The van der Waals surface area contributed by atoms with Crippen LogP contribution in [0.3, 0.4) is 0 Å². The molecule has 0 unspecified atom stereocenters. The van der Waals surface area contributed by atoms with Gasteiger partial charge >= 0.3 is 0 Å². The van der Waals surface area contributed by atoms with Crippen LogP contribution in [-0.2, 0) is 13.6 Å². The van der Waals surface area contributed by atoms with E-state index in [1.165, 1.54) is 0 Å². The van der Waals surface area contributed by atoms with E-state index >= 15 is 0 Å². The first kappa shape index (κ1) is 13.8. The normalized spacial score (nSPS) is 13.1. The van der Waals surface area contributed by atoms with Crippen LogP contribution in [0.2, 0.25) is 0 Å². The van der Waals surface area contributed by atoms with Crippen LogP contribution in [0.1, 0.15) is 36.6 Å². The highest BCUT2D eigenvalue weighted by molar-refractivity contribution is 5.09. The summed E-state index contributed by atoms with van der Waals surface area (Å²) in [5.74, 6) is 3.48. The Balaban J connectivity index is 1.80. The third kappa shape index (κ3) is 3.67. The Morgan fingerprint density at radius 3 is 2.79 bits per heavy atom. The summed E-state index contributed by atoms with van der Waals surface area (Å²) in [4.78, 5) is 2.26. The van der Waals surface area contributed by atoms with E-state index in [1.807, 2.05) is 24.6 Å². The molecule has 0 saturated heterocycles. The van der Waals surface area contributed by atoms with Gasteiger partial charge in [-0.15, -0.1) is 10.2 Å². The first-order valence-corrected chi connectivity index (χ1v) is 6.64. The van der Waals surface area contributed by atoms with E-state index in [1.54, 1.807) is 6.33 Å². The topological polar surface area (TPSA) is 47.1 Å². The fourth-order valence-corrected chi connectivity index (χ4v) is 2.05. The van der Waals surface area contributed by atoms with Crippen LogP contribution in [0.15, 0.2) is 22.9 Å². The zero-order valence-corrected chi connectivity index (χ0v) is 12.1. The van der Waals surface area contributed by atoms with Crippen LogP contribution >= 0.6 is 0 Å². The molecule has 0 saturated carbocycles. The van der Waals surface area contributed by atoms with E-state index in [4.69, 9.17) is 4.42 Å². The highest BCUT2D eigenvalue weighted by atomic mass is 16.3. The molecule has 2 aromatic heterocycles. The fraction of sp³-hybridized carbons (Fsp3) is 0.571. The summed E-state index contributed by atoms with van der Waals surface area (Å²) in [5, 5.41) is 7.99. The van der Waals surface area contributed by atoms with Crippen LogP contribution in [0, 0.1) is 6.92 Å². The van der Waals surface area contributed by atoms with Crippen molar-refractivity contribution in [3.63, 3.8) is 0 Å². The first-order valence-electron chi connectivity index (χ1n) is 6.64. The lowest BCUT2D eigenvalue weighted by atomic mass is 10.1. The van der Waals surface area contributed by atoms with Gasteiger partial charge in [-0.25, -0.2) is 0 Å². The predicted molar refractivity (Wildman–Crippen MR) is 73.8 cm³/mol. The van der Waals surface area contributed by atoms with Crippen molar-refractivity contribution >= 4 is 0 Å². The van der Waals surface area contributed by atoms with E-state index < -0.39 is 0 Å². The maximum absolute atomic E-state index is 5.66. The Labute approximate surface area is 114 Å². The van der Waals surface area contributed by atoms with Gasteiger partial charge in [-0.3, -0.25) is 4.90 Å². The van der Waals surface area contributed by atoms with E-state index in [-0.39, 0.29) is 0 Å². The minimum absolute atomic E-state index is 0.440. The molecular weight excluding hydrogens is 240 g/mol. The molecule has 0 spiro atoms. The molecule has 1 atom stereocenters. The fourth-order valence-electron chi connectivity index (χ4n) is 2.05. The highest BCUT2D eigenvalue weighted by Gasteiger charge is 2.12. The Bertz CT molecular complexity index is 517. The van der Waals surface area contributed by atoms with E-state index in [9.17, 15) is 0 Å². The monoisotopic (exact) mass is 262 g/mol. The van der Waals surface area contributed by atoms with Gasteiger partial charge in [0.15, 0.2) is 0 Å². The molecule has 0 aliphatic heterocycles. The highest BCUT2D eigenvalue weighted by Crippen LogP contribution is 2.21. The van der Waals surface area contributed by atoms with Gasteiger partial charge in [0, 0.05) is 13.0 Å². The summed E-state index contributed by atoms with van der Waals surface area (Å²) in [6.07, 6.45) is 2.80. The summed E-state index contributed by atoms with van der Waals surface area (Å²) >= 11 is 0. The van der Waals surface area contributed by atoms with Gasteiger partial charge in [0.1, 0.15) is 23.7 Å². The Morgan fingerprint density at radius 2 is 2.21 bits per heavy atom. The van der Waals surface area contributed by atoms with Gasteiger partial charge in [-0.2, -0.15) is 0 Å². The molecule has 2 rings (SSSR count). The smallest absolute Gasteiger partial charge is 0.146 e. The molecule has 0 N–H and O–H groups in total. The largest absolute Gasteiger partial charge is 0.466 e. The van der Waals surface area contributed by atoms with Gasteiger partial charge in [-0.1, -0.05) is 6.92 Å². The Morgan fingerprint density at radius 1 is 1.42 bits per heavy atom. The second kappa shape index (κ2) is 6.02. The van der Waals surface area contributed by atoms with Crippen LogP contribution in [-0.4, -0.2) is 33.3 Å². The number of aryl methyl sites for hydroxylation is 2. The molecule has 104 valence electrons. The molecule has 0 aliphatic rings. The minimum Gasteiger partial charge on any atom is -0.466 e. The van der Waals surface area contributed by atoms with Crippen molar-refractivity contribution in [2.75, 3.05) is 13.6 Å². The summed E-state index contributed by atoms with van der Waals surface area (Å²) in [6, 6.07) is 4.10. The summed E-state index contributed by atoms with van der Waals surface area (Å²) in [5.41, 5.74) is 0. The van der Waals surface area contributed by atoms with Gasteiger partial charge in [0.25, 0.3) is 0 Å². The summed E-state index contributed by atoms with van der Waals surface area (Å²) in [6.45, 7) is 6.01. The Hall–Kier alpha value is -1.62. The van der Waals surface area contributed by atoms with Crippen LogP contribution in [0.4, 0.5) is 0 Å². The molecule has 5 heteroatoms.